The molecule has 0 bridgehead atoms. The molecule has 1 amide bonds. The van der Waals surface area contributed by atoms with Gasteiger partial charge in [-0.15, -0.1) is 0 Å². The fraction of sp³-hybridized carbons (Fsp3) is 0.944. The maximum absolute atomic E-state index is 12.3. The van der Waals surface area contributed by atoms with Crippen molar-refractivity contribution in [3.05, 3.63) is 0 Å². The Kier molecular flexibility index (Phi) is 6.32. The number of amides is 1. The van der Waals surface area contributed by atoms with Crippen LogP contribution in [-0.2, 0) is 4.74 Å². The van der Waals surface area contributed by atoms with Crippen molar-refractivity contribution in [3.63, 3.8) is 0 Å². The molecule has 2 unspecified atom stereocenters. The van der Waals surface area contributed by atoms with Gasteiger partial charge >= 0.3 is 6.09 Å². The summed E-state index contributed by atoms with van der Waals surface area (Å²) in [5, 5.41) is 3.67. The highest BCUT2D eigenvalue weighted by Crippen LogP contribution is 2.28. The standard InChI is InChI=1S/C18H35N3O2/c1-14-13-15(9-12-20(14)5)19-10-6-11-21(16-7-8-16)17(22)23-18(2,3)4/h14-16,19H,6-13H2,1-5H3. The molecule has 2 rings (SSSR count). The lowest BCUT2D eigenvalue weighted by molar-refractivity contribution is 0.0231. The number of rotatable bonds is 6. The van der Waals surface area contributed by atoms with Crippen molar-refractivity contribution < 1.29 is 9.53 Å². The summed E-state index contributed by atoms with van der Waals surface area (Å²) in [5.41, 5.74) is -0.410. The van der Waals surface area contributed by atoms with E-state index in [9.17, 15) is 4.79 Å². The number of ether oxygens (including phenoxy) is 1. The Morgan fingerprint density at radius 3 is 2.57 bits per heavy atom. The van der Waals surface area contributed by atoms with Gasteiger partial charge in [-0.1, -0.05) is 0 Å². The second-order valence-electron chi connectivity index (χ2n) is 8.26. The molecule has 1 heterocycles. The Labute approximate surface area is 141 Å². The molecule has 1 saturated heterocycles. The number of piperidine rings is 1. The molecular weight excluding hydrogens is 290 g/mol. The van der Waals surface area contributed by atoms with E-state index in [2.05, 4.69) is 24.2 Å². The average molecular weight is 325 g/mol. The fourth-order valence-electron chi connectivity index (χ4n) is 3.16. The monoisotopic (exact) mass is 325 g/mol. The van der Waals surface area contributed by atoms with Crippen LogP contribution in [0, 0.1) is 0 Å². The minimum Gasteiger partial charge on any atom is -0.444 e. The summed E-state index contributed by atoms with van der Waals surface area (Å²) in [6.45, 7) is 11.0. The van der Waals surface area contributed by atoms with E-state index >= 15 is 0 Å². The molecule has 2 aliphatic rings. The van der Waals surface area contributed by atoms with Crippen LogP contribution >= 0.6 is 0 Å². The first-order chi connectivity index (χ1) is 10.8. The van der Waals surface area contributed by atoms with Crippen LogP contribution in [-0.4, -0.2) is 66.3 Å². The minimum atomic E-state index is -0.410. The van der Waals surface area contributed by atoms with Gasteiger partial charge in [-0.05, 0) is 79.9 Å². The molecule has 5 heteroatoms. The first-order valence-corrected chi connectivity index (χ1v) is 9.19. The third-order valence-electron chi connectivity index (χ3n) is 4.83. The van der Waals surface area contributed by atoms with Crippen LogP contribution in [0.3, 0.4) is 0 Å². The molecule has 2 fully saturated rings. The predicted octanol–water partition coefficient (Wildman–Crippen LogP) is 2.85. The molecule has 1 aliphatic carbocycles. The van der Waals surface area contributed by atoms with Crippen LogP contribution in [0.2, 0.25) is 0 Å². The van der Waals surface area contributed by atoms with Gasteiger partial charge in [-0.25, -0.2) is 4.79 Å². The molecule has 0 aromatic carbocycles. The molecule has 0 radical (unpaired) electrons. The number of carbonyl (C=O) groups is 1. The second kappa shape index (κ2) is 7.84. The first kappa shape index (κ1) is 18.5. The van der Waals surface area contributed by atoms with Crippen LogP contribution in [0.1, 0.15) is 59.8 Å². The van der Waals surface area contributed by atoms with Gasteiger partial charge in [0.25, 0.3) is 0 Å². The molecule has 0 aromatic rings. The van der Waals surface area contributed by atoms with Crippen LogP contribution in [0.5, 0.6) is 0 Å². The summed E-state index contributed by atoms with van der Waals surface area (Å²) in [4.78, 5) is 16.7. The Morgan fingerprint density at radius 1 is 1.30 bits per heavy atom. The van der Waals surface area contributed by atoms with Gasteiger partial charge < -0.3 is 19.9 Å². The molecule has 23 heavy (non-hydrogen) atoms. The number of nitrogens with one attached hydrogen (secondary N) is 1. The lowest BCUT2D eigenvalue weighted by atomic mass is 9.99. The maximum atomic E-state index is 12.3. The van der Waals surface area contributed by atoms with E-state index in [4.69, 9.17) is 4.74 Å². The summed E-state index contributed by atoms with van der Waals surface area (Å²) < 4.78 is 5.54. The van der Waals surface area contributed by atoms with Crippen molar-refractivity contribution in [3.8, 4) is 0 Å². The van der Waals surface area contributed by atoms with E-state index in [0.717, 1.165) is 32.4 Å². The number of carbonyl (C=O) groups excluding carboxylic acids is 1. The summed E-state index contributed by atoms with van der Waals surface area (Å²) in [5.74, 6) is 0. The van der Waals surface area contributed by atoms with Crippen LogP contribution in [0.15, 0.2) is 0 Å². The molecule has 1 aliphatic heterocycles. The number of hydrogen-bond donors (Lipinski definition) is 1. The van der Waals surface area contributed by atoms with Gasteiger partial charge in [0, 0.05) is 24.7 Å². The molecular formula is C18H35N3O2. The van der Waals surface area contributed by atoms with Crippen molar-refractivity contribution in [1.29, 1.82) is 0 Å². The number of hydrogen-bond acceptors (Lipinski definition) is 4. The zero-order chi connectivity index (χ0) is 17.0. The molecule has 5 nitrogen and oxygen atoms in total. The third-order valence-corrected chi connectivity index (χ3v) is 4.83. The smallest absolute Gasteiger partial charge is 0.410 e. The summed E-state index contributed by atoms with van der Waals surface area (Å²) in [7, 11) is 2.20. The van der Waals surface area contributed by atoms with Crippen molar-refractivity contribution in [2.45, 2.75) is 83.5 Å². The van der Waals surface area contributed by atoms with Gasteiger partial charge in [-0.2, -0.15) is 0 Å². The normalized spacial score (nSPS) is 26.1. The van der Waals surface area contributed by atoms with E-state index in [1.54, 1.807) is 0 Å². The molecule has 0 aromatic heterocycles. The lowest BCUT2D eigenvalue weighted by Crippen LogP contribution is -2.46. The Morgan fingerprint density at radius 2 is 2.00 bits per heavy atom. The van der Waals surface area contributed by atoms with E-state index in [1.807, 2.05) is 25.7 Å². The first-order valence-electron chi connectivity index (χ1n) is 9.19. The fourth-order valence-corrected chi connectivity index (χ4v) is 3.16. The molecule has 2 atom stereocenters. The van der Waals surface area contributed by atoms with Gasteiger partial charge in [0.1, 0.15) is 5.60 Å². The highest BCUT2D eigenvalue weighted by molar-refractivity contribution is 5.69. The van der Waals surface area contributed by atoms with Gasteiger partial charge in [0.05, 0.1) is 0 Å². The summed E-state index contributed by atoms with van der Waals surface area (Å²) in [6, 6.07) is 1.69. The quantitative estimate of drug-likeness (QED) is 0.763. The zero-order valence-electron chi connectivity index (χ0n) is 15.6. The van der Waals surface area contributed by atoms with E-state index in [0.29, 0.717) is 18.1 Å². The minimum absolute atomic E-state index is 0.145. The van der Waals surface area contributed by atoms with Gasteiger partial charge in [-0.3, -0.25) is 0 Å². The SMILES string of the molecule is CC1CC(NCCCN(C(=O)OC(C)(C)C)C2CC2)CCN1C. The Balaban J connectivity index is 1.68. The average Bonchev–Trinajstić information content (AvgIpc) is 3.25. The lowest BCUT2D eigenvalue weighted by Gasteiger charge is -2.35. The summed E-state index contributed by atoms with van der Waals surface area (Å²) in [6.07, 6.45) is 5.54. The highest BCUT2D eigenvalue weighted by Gasteiger charge is 2.34. The highest BCUT2D eigenvalue weighted by atomic mass is 16.6. The third kappa shape index (κ3) is 6.30. The molecule has 134 valence electrons. The van der Waals surface area contributed by atoms with Crippen LogP contribution < -0.4 is 5.32 Å². The number of nitrogens with zero attached hydrogens (tertiary/aromatic N) is 2. The van der Waals surface area contributed by atoms with Crippen molar-refractivity contribution in [2.75, 3.05) is 26.7 Å². The van der Waals surface area contributed by atoms with Crippen molar-refractivity contribution in [2.24, 2.45) is 0 Å². The van der Waals surface area contributed by atoms with Gasteiger partial charge in [0.2, 0.25) is 0 Å². The van der Waals surface area contributed by atoms with Gasteiger partial charge in [0.15, 0.2) is 0 Å². The van der Waals surface area contributed by atoms with Crippen LogP contribution in [0.4, 0.5) is 4.79 Å². The predicted molar refractivity (Wildman–Crippen MR) is 93.7 cm³/mol. The molecule has 1 N–H and O–H groups in total. The van der Waals surface area contributed by atoms with E-state index < -0.39 is 5.60 Å². The van der Waals surface area contributed by atoms with E-state index in [-0.39, 0.29) is 6.09 Å². The van der Waals surface area contributed by atoms with Crippen molar-refractivity contribution in [1.82, 2.24) is 15.1 Å². The Hall–Kier alpha value is -0.810. The topological polar surface area (TPSA) is 44.8 Å². The second-order valence-corrected chi connectivity index (χ2v) is 8.26. The molecule has 0 spiro atoms. The summed E-state index contributed by atoms with van der Waals surface area (Å²) >= 11 is 0. The van der Waals surface area contributed by atoms with Crippen molar-refractivity contribution >= 4 is 6.09 Å². The maximum Gasteiger partial charge on any atom is 0.410 e. The largest absolute Gasteiger partial charge is 0.444 e. The number of likely N-dealkylation sites (tertiary alicyclic amines) is 1. The van der Waals surface area contributed by atoms with E-state index in [1.165, 1.54) is 19.4 Å². The molecule has 1 saturated carbocycles. The zero-order valence-corrected chi connectivity index (χ0v) is 15.6. The van der Waals surface area contributed by atoms with Crippen LogP contribution in [0.25, 0.3) is 0 Å². The Bertz CT molecular complexity index is 390.